The third kappa shape index (κ3) is 41.2. The first-order valence-electron chi connectivity index (χ1n) is 25.4. The van der Waals surface area contributed by atoms with Crippen LogP contribution in [0.25, 0.3) is 0 Å². The molecule has 2 atom stereocenters. The summed E-state index contributed by atoms with van der Waals surface area (Å²) in [4.78, 5) is 15.5. The fraction of sp³-hybridized carbons (Fsp3) is 0.980. The number of carbonyl (C=O) groups excluding carboxylic acids is 1. The second kappa shape index (κ2) is 47.9. The fourth-order valence-electron chi connectivity index (χ4n) is 7.37. The Labute approximate surface area is 368 Å². The van der Waals surface area contributed by atoms with Gasteiger partial charge < -0.3 is 19.5 Å². The molecule has 58 heavy (non-hydrogen) atoms. The van der Waals surface area contributed by atoms with Gasteiger partial charge in [-0.1, -0.05) is 169 Å². The molecule has 0 aromatic rings. The molecular weight excluding hydrogens is 759 g/mol. The minimum absolute atomic E-state index is 0.00618. The van der Waals surface area contributed by atoms with Crippen LogP contribution in [0.5, 0.6) is 0 Å². The van der Waals surface area contributed by atoms with Crippen molar-refractivity contribution in [2.24, 2.45) is 0 Å². The SMILES string of the molecule is CCCCCCCCCCSC(CCCC)C(=O)OCCCCCCN(CCCCO)CCCCCC(OCCCCCCCC)O[Si+](C)OCCCCCCCC. The maximum Gasteiger partial charge on any atom is 0.643 e. The highest BCUT2D eigenvalue weighted by Crippen LogP contribution is 2.22. The van der Waals surface area contributed by atoms with E-state index in [4.69, 9.17) is 18.3 Å². The molecule has 0 bridgehead atoms. The van der Waals surface area contributed by atoms with E-state index in [2.05, 4.69) is 39.1 Å². The molecule has 0 aromatic carbocycles. The van der Waals surface area contributed by atoms with Crippen LogP contribution in [0.4, 0.5) is 0 Å². The van der Waals surface area contributed by atoms with Gasteiger partial charge in [0.1, 0.15) is 11.8 Å². The van der Waals surface area contributed by atoms with Crippen LogP contribution in [0.15, 0.2) is 0 Å². The van der Waals surface area contributed by atoms with Gasteiger partial charge in [0.05, 0.1) is 13.2 Å². The lowest BCUT2D eigenvalue weighted by Crippen LogP contribution is -2.29. The van der Waals surface area contributed by atoms with Crippen molar-refractivity contribution >= 4 is 27.0 Å². The number of aliphatic hydroxyl groups excluding tert-OH is 1. The quantitative estimate of drug-likeness (QED) is 0.0281. The number of rotatable bonds is 49. The highest BCUT2D eigenvalue weighted by molar-refractivity contribution is 8.00. The number of carbonyl (C=O) groups is 1. The van der Waals surface area contributed by atoms with E-state index in [0.29, 0.717) is 6.61 Å². The van der Waals surface area contributed by atoms with E-state index < -0.39 is 9.28 Å². The number of nitrogens with zero attached hydrogens (tertiary/aromatic N) is 1. The normalized spacial score (nSPS) is 12.7. The Morgan fingerprint density at radius 2 is 1.00 bits per heavy atom. The maximum atomic E-state index is 12.9. The van der Waals surface area contributed by atoms with Gasteiger partial charge in [-0.3, -0.25) is 4.79 Å². The second-order valence-electron chi connectivity index (χ2n) is 17.0. The summed E-state index contributed by atoms with van der Waals surface area (Å²) in [6.45, 7) is 16.8. The minimum atomic E-state index is -1.33. The van der Waals surface area contributed by atoms with Gasteiger partial charge in [-0.2, -0.15) is 4.43 Å². The number of thioether (sulfide) groups is 1. The van der Waals surface area contributed by atoms with Crippen molar-refractivity contribution in [1.29, 1.82) is 0 Å². The Hall–Kier alpha value is -0.163. The van der Waals surface area contributed by atoms with Crippen LogP contribution >= 0.6 is 11.8 Å². The lowest BCUT2D eigenvalue weighted by atomic mass is 10.1. The summed E-state index contributed by atoms with van der Waals surface area (Å²) in [7, 11) is -1.33. The van der Waals surface area contributed by atoms with Gasteiger partial charge in [0.25, 0.3) is 0 Å². The van der Waals surface area contributed by atoms with Crippen LogP contribution < -0.4 is 0 Å². The number of aliphatic hydroxyl groups is 1. The number of unbranched alkanes of at least 4 members (excludes halogenated alkanes) is 24. The van der Waals surface area contributed by atoms with Gasteiger partial charge in [-0.25, -0.2) is 4.43 Å². The number of hydrogen-bond donors (Lipinski definition) is 1. The first kappa shape index (κ1) is 57.8. The molecular formula is C49H100NO6SSi+. The van der Waals surface area contributed by atoms with Crippen molar-refractivity contribution in [3.63, 3.8) is 0 Å². The van der Waals surface area contributed by atoms with Crippen molar-refractivity contribution in [3.05, 3.63) is 0 Å². The zero-order chi connectivity index (χ0) is 42.4. The van der Waals surface area contributed by atoms with Gasteiger partial charge in [0.15, 0.2) is 6.29 Å². The summed E-state index contributed by atoms with van der Waals surface area (Å²) >= 11 is 1.84. The third-order valence-corrected chi connectivity index (χ3v) is 13.8. The predicted molar refractivity (Wildman–Crippen MR) is 254 cm³/mol. The molecule has 346 valence electrons. The van der Waals surface area contributed by atoms with E-state index in [1.165, 1.54) is 135 Å². The predicted octanol–water partition coefficient (Wildman–Crippen LogP) is 14.4. The molecule has 7 nitrogen and oxygen atoms in total. The van der Waals surface area contributed by atoms with Crippen molar-refractivity contribution in [3.8, 4) is 0 Å². The van der Waals surface area contributed by atoms with Crippen molar-refractivity contribution in [2.45, 2.75) is 258 Å². The lowest BCUT2D eigenvalue weighted by molar-refractivity contribution is -0.143. The van der Waals surface area contributed by atoms with Crippen molar-refractivity contribution < 1.29 is 28.2 Å². The molecule has 0 saturated carbocycles. The molecule has 0 rings (SSSR count). The van der Waals surface area contributed by atoms with Gasteiger partial charge in [0, 0.05) is 19.6 Å². The number of esters is 1. The van der Waals surface area contributed by atoms with E-state index in [1.807, 2.05) is 11.8 Å². The Morgan fingerprint density at radius 3 is 1.57 bits per heavy atom. The summed E-state index contributed by atoms with van der Waals surface area (Å²) in [6, 6.07) is 0. The molecule has 2 unspecified atom stereocenters. The molecule has 0 aliphatic carbocycles. The van der Waals surface area contributed by atoms with Gasteiger partial charge in [-0.05, 0) is 89.6 Å². The molecule has 0 heterocycles. The molecule has 0 spiro atoms. The van der Waals surface area contributed by atoms with Gasteiger partial charge >= 0.3 is 15.3 Å². The summed E-state index contributed by atoms with van der Waals surface area (Å²) in [5.74, 6) is 1.09. The molecule has 0 fully saturated rings. The zero-order valence-corrected chi connectivity index (χ0v) is 41.3. The minimum Gasteiger partial charge on any atom is -0.465 e. The number of ether oxygens (including phenoxy) is 2. The van der Waals surface area contributed by atoms with Crippen LogP contribution in [-0.2, 0) is 23.1 Å². The van der Waals surface area contributed by atoms with Crippen LogP contribution in [0.2, 0.25) is 6.55 Å². The Bertz CT molecular complexity index is 813. The molecule has 1 N–H and O–H groups in total. The zero-order valence-electron chi connectivity index (χ0n) is 39.5. The van der Waals surface area contributed by atoms with Crippen LogP contribution in [-0.4, -0.2) is 88.6 Å². The van der Waals surface area contributed by atoms with E-state index in [9.17, 15) is 9.90 Å². The fourth-order valence-corrected chi connectivity index (χ4v) is 9.62. The monoisotopic (exact) mass is 859 g/mol. The molecule has 0 radical (unpaired) electrons. The Kier molecular flexibility index (Phi) is 47.7. The smallest absolute Gasteiger partial charge is 0.465 e. The summed E-state index contributed by atoms with van der Waals surface area (Å²) < 4.78 is 24.7. The maximum absolute atomic E-state index is 12.9. The molecule has 0 amide bonds. The van der Waals surface area contributed by atoms with Gasteiger partial charge in [0.2, 0.25) is 0 Å². The Balaban J connectivity index is 4.51. The van der Waals surface area contributed by atoms with Crippen molar-refractivity contribution in [2.75, 3.05) is 51.8 Å². The summed E-state index contributed by atoms with van der Waals surface area (Å²) in [6.07, 6.45) is 39.6. The van der Waals surface area contributed by atoms with Gasteiger partial charge in [-0.15, -0.1) is 11.8 Å². The van der Waals surface area contributed by atoms with Crippen molar-refractivity contribution in [1.82, 2.24) is 4.90 Å². The summed E-state index contributed by atoms with van der Waals surface area (Å²) in [5, 5.41) is 9.40. The molecule has 0 saturated heterocycles. The van der Waals surface area contributed by atoms with E-state index in [1.54, 1.807) is 0 Å². The molecule has 0 aromatic heterocycles. The molecule has 0 aliphatic heterocycles. The lowest BCUT2D eigenvalue weighted by Gasteiger charge is -2.22. The molecule has 0 aliphatic rings. The van der Waals surface area contributed by atoms with Crippen LogP contribution in [0.1, 0.15) is 240 Å². The highest BCUT2D eigenvalue weighted by atomic mass is 32.2. The summed E-state index contributed by atoms with van der Waals surface area (Å²) in [5.41, 5.74) is 0. The molecule has 9 heteroatoms. The topological polar surface area (TPSA) is 77.5 Å². The van der Waals surface area contributed by atoms with E-state index in [-0.39, 0.29) is 24.1 Å². The first-order chi connectivity index (χ1) is 28.5. The third-order valence-electron chi connectivity index (χ3n) is 11.2. The van der Waals surface area contributed by atoms with Crippen LogP contribution in [0.3, 0.4) is 0 Å². The second-order valence-corrected chi connectivity index (χ2v) is 19.8. The Morgan fingerprint density at radius 1 is 0.534 bits per heavy atom. The highest BCUT2D eigenvalue weighted by Gasteiger charge is 2.30. The van der Waals surface area contributed by atoms with Crippen LogP contribution in [0, 0.1) is 0 Å². The standard InChI is InChI=1S/C49H100NO6SSi/c1-6-10-14-17-20-21-26-36-46-57-47(37-13-9-4)49(52)54-44-34-25-22-29-39-50(41-31-32-42-51)40-30-27-28-38-48(53-43-33-23-18-15-11-7-2)56-58(5)55-45-35-24-19-16-12-8-3/h47-48,51H,6-46H2,1-5H3/q+1. The average molecular weight is 859 g/mol. The van der Waals surface area contributed by atoms with E-state index in [0.717, 1.165) is 116 Å². The average Bonchev–Trinajstić information content (AvgIpc) is 3.22. The first-order valence-corrected chi connectivity index (χ1v) is 28.2. The van der Waals surface area contributed by atoms with E-state index >= 15 is 0 Å². The number of hydrogen-bond acceptors (Lipinski definition) is 8. The largest absolute Gasteiger partial charge is 0.643 e.